The normalized spacial score (nSPS) is 13.1. The number of nitrogens with one attached hydrogen (secondary N) is 1. The van der Waals surface area contributed by atoms with Gasteiger partial charge in [0, 0.05) is 5.56 Å². The van der Waals surface area contributed by atoms with Crippen LogP contribution in [0.2, 0.25) is 0 Å². The van der Waals surface area contributed by atoms with E-state index in [0.717, 1.165) is 24.0 Å². The molecule has 2 aromatic carbocycles. The van der Waals surface area contributed by atoms with Crippen LogP contribution in [-0.2, 0) is 11.2 Å². The predicted molar refractivity (Wildman–Crippen MR) is 101 cm³/mol. The van der Waals surface area contributed by atoms with Crippen molar-refractivity contribution in [1.29, 1.82) is 0 Å². The third kappa shape index (κ3) is 5.00. The molecule has 0 aromatic heterocycles. The summed E-state index contributed by atoms with van der Waals surface area (Å²) in [6.07, 6.45) is 1.07. The van der Waals surface area contributed by atoms with Gasteiger partial charge >= 0.3 is 0 Å². The van der Waals surface area contributed by atoms with Gasteiger partial charge in [-0.25, -0.2) is 0 Å². The Morgan fingerprint density at radius 1 is 1.00 bits per heavy atom. The number of carbonyl (C=O) groups excluding carboxylic acids is 2. The number of rotatable bonds is 8. The van der Waals surface area contributed by atoms with E-state index in [9.17, 15) is 14.7 Å². The first-order valence-electron chi connectivity index (χ1n) is 8.78. The topological polar surface area (TPSA) is 86.6 Å². The Balaban J connectivity index is 2.10. The third-order valence-electron chi connectivity index (χ3n) is 4.24. The molecule has 3 N–H and O–H groups in total. The number of hydrogen-bond acceptors (Lipinski definition) is 4. The number of aliphatic hydroxyl groups excluding tert-OH is 2. The number of ketones is 1. The standard InChI is InChI=1S/C21H25NO4/c1-3-4-15-5-7-16(8-6-15)17-9-11-18(12-10-17)21(26)22-20(14(2)24)19(25)13-23/h5-12,14,20,23-24H,3-4,13H2,1-2H3,(H,22,26)/t14-,20+/m1/s1. The molecule has 0 radical (unpaired) electrons. The lowest BCUT2D eigenvalue weighted by Crippen LogP contribution is -2.48. The second kappa shape index (κ2) is 9.27. The average molecular weight is 355 g/mol. The van der Waals surface area contributed by atoms with Gasteiger partial charge < -0.3 is 15.5 Å². The van der Waals surface area contributed by atoms with E-state index in [1.165, 1.54) is 12.5 Å². The fourth-order valence-electron chi connectivity index (χ4n) is 2.76. The minimum atomic E-state index is -1.13. The first-order valence-corrected chi connectivity index (χ1v) is 8.78. The Morgan fingerprint density at radius 3 is 2.00 bits per heavy atom. The fraction of sp³-hybridized carbons (Fsp3) is 0.333. The first-order chi connectivity index (χ1) is 12.5. The summed E-state index contributed by atoms with van der Waals surface area (Å²) in [7, 11) is 0. The van der Waals surface area contributed by atoms with Crippen molar-refractivity contribution in [3.8, 4) is 11.1 Å². The zero-order valence-electron chi connectivity index (χ0n) is 15.1. The van der Waals surface area contributed by atoms with E-state index in [2.05, 4.69) is 36.5 Å². The summed E-state index contributed by atoms with van der Waals surface area (Å²) >= 11 is 0. The SMILES string of the molecule is CCCc1ccc(-c2ccc(C(=O)N[C@H](C(=O)CO)[C@@H](C)O)cc2)cc1. The first kappa shape index (κ1) is 19.8. The van der Waals surface area contributed by atoms with Crippen LogP contribution >= 0.6 is 0 Å². The van der Waals surface area contributed by atoms with Crippen molar-refractivity contribution in [2.75, 3.05) is 6.61 Å². The van der Waals surface area contributed by atoms with Gasteiger partial charge in [-0.1, -0.05) is 49.7 Å². The monoisotopic (exact) mass is 355 g/mol. The number of hydrogen-bond donors (Lipinski definition) is 3. The average Bonchev–Trinajstić information content (AvgIpc) is 2.66. The third-order valence-corrected chi connectivity index (χ3v) is 4.24. The van der Waals surface area contributed by atoms with Gasteiger partial charge in [0.25, 0.3) is 5.91 Å². The van der Waals surface area contributed by atoms with Crippen LogP contribution in [0.15, 0.2) is 48.5 Å². The second-order valence-corrected chi connectivity index (χ2v) is 6.34. The number of Topliss-reactive ketones (excluding diaryl/α,β-unsaturated/α-hetero) is 1. The zero-order valence-corrected chi connectivity index (χ0v) is 15.1. The van der Waals surface area contributed by atoms with Crippen molar-refractivity contribution in [3.05, 3.63) is 59.7 Å². The van der Waals surface area contributed by atoms with E-state index in [1.807, 2.05) is 12.1 Å². The highest BCUT2D eigenvalue weighted by Gasteiger charge is 2.25. The van der Waals surface area contributed by atoms with Gasteiger partial charge in [-0.05, 0) is 42.2 Å². The molecule has 0 spiro atoms. The van der Waals surface area contributed by atoms with E-state index in [0.29, 0.717) is 5.56 Å². The summed E-state index contributed by atoms with van der Waals surface area (Å²) in [5.74, 6) is -1.10. The second-order valence-electron chi connectivity index (χ2n) is 6.34. The van der Waals surface area contributed by atoms with Crippen molar-refractivity contribution in [2.24, 2.45) is 0 Å². The fourth-order valence-corrected chi connectivity index (χ4v) is 2.76. The molecule has 26 heavy (non-hydrogen) atoms. The van der Waals surface area contributed by atoms with Crippen LogP contribution in [0.4, 0.5) is 0 Å². The molecule has 2 rings (SSSR count). The van der Waals surface area contributed by atoms with Gasteiger partial charge in [-0.15, -0.1) is 0 Å². The molecule has 1 amide bonds. The molecule has 138 valence electrons. The van der Waals surface area contributed by atoms with Crippen LogP contribution in [0.25, 0.3) is 11.1 Å². The highest BCUT2D eigenvalue weighted by atomic mass is 16.3. The Labute approximate surface area is 153 Å². The van der Waals surface area contributed by atoms with Crippen LogP contribution in [0.3, 0.4) is 0 Å². The minimum Gasteiger partial charge on any atom is -0.391 e. The van der Waals surface area contributed by atoms with Gasteiger partial charge in [-0.2, -0.15) is 0 Å². The van der Waals surface area contributed by atoms with Crippen molar-refractivity contribution in [1.82, 2.24) is 5.32 Å². The van der Waals surface area contributed by atoms with E-state index in [-0.39, 0.29) is 0 Å². The van der Waals surface area contributed by atoms with Crippen LogP contribution in [0.1, 0.15) is 36.2 Å². The lowest BCUT2D eigenvalue weighted by Gasteiger charge is -2.19. The van der Waals surface area contributed by atoms with E-state index in [1.54, 1.807) is 12.1 Å². The molecule has 0 bridgehead atoms. The predicted octanol–water partition coefficient (Wildman–Crippen LogP) is 2.35. The minimum absolute atomic E-state index is 0.382. The van der Waals surface area contributed by atoms with Crippen molar-refractivity contribution in [2.45, 2.75) is 38.8 Å². The number of amides is 1. The largest absolute Gasteiger partial charge is 0.391 e. The van der Waals surface area contributed by atoms with Crippen LogP contribution in [-0.4, -0.2) is 40.7 Å². The van der Waals surface area contributed by atoms with Gasteiger partial charge in [-0.3, -0.25) is 9.59 Å². The van der Waals surface area contributed by atoms with Crippen molar-refractivity contribution >= 4 is 11.7 Å². The Hall–Kier alpha value is -2.50. The molecule has 2 aromatic rings. The molecule has 5 nitrogen and oxygen atoms in total. The lowest BCUT2D eigenvalue weighted by atomic mass is 10.0. The molecule has 0 saturated carbocycles. The highest BCUT2D eigenvalue weighted by molar-refractivity contribution is 5.98. The highest BCUT2D eigenvalue weighted by Crippen LogP contribution is 2.21. The van der Waals surface area contributed by atoms with Crippen LogP contribution < -0.4 is 5.32 Å². The number of carbonyl (C=O) groups is 2. The number of aliphatic hydroxyl groups is 2. The quantitative estimate of drug-likeness (QED) is 0.678. The number of benzene rings is 2. The zero-order chi connectivity index (χ0) is 19.1. The molecule has 2 atom stereocenters. The summed E-state index contributed by atoms with van der Waals surface area (Å²) < 4.78 is 0. The van der Waals surface area contributed by atoms with E-state index >= 15 is 0 Å². The maximum absolute atomic E-state index is 12.3. The van der Waals surface area contributed by atoms with E-state index in [4.69, 9.17) is 5.11 Å². The molecular weight excluding hydrogens is 330 g/mol. The molecule has 0 aliphatic rings. The summed E-state index contributed by atoms with van der Waals surface area (Å²) in [4.78, 5) is 23.9. The molecule has 5 heteroatoms. The summed E-state index contributed by atoms with van der Waals surface area (Å²) in [5.41, 5.74) is 3.73. The Bertz CT molecular complexity index is 736. The molecule has 0 unspecified atom stereocenters. The molecule has 0 saturated heterocycles. The summed E-state index contributed by atoms with van der Waals surface area (Å²) in [5, 5.41) is 21.0. The summed E-state index contributed by atoms with van der Waals surface area (Å²) in [6.45, 7) is 2.81. The van der Waals surface area contributed by atoms with Crippen LogP contribution in [0, 0.1) is 0 Å². The molecule has 0 aliphatic heterocycles. The smallest absolute Gasteiger partial charge is 0.251 e. The van der Waals surface area contributed by atoms with E-state index < -0.39 is 30.4 Å². The maximum atomic E-state index is 12.3. The van der Waals surface area contributed by atoms with Gasteiger partial charge in [0.05, 0.1) is 6.10 Å². The maximum Gasteiger partial charge on any atom is 0.251 e. The number of aryl methyl sites for hydroxylation is 1. The summed E-state index contributed by atoms with van der Waals surface area (Å²) in [6, 6.07) is 14.2. The van der Waals surface area contributed by atoms with Crippen LogP contribution in [0.5, 0.6) is 0 Å². The van der Waals surface area contributed by atoms with Gasteiger partial charge in [0.1, 0.15) is 12.6 Å². The van der Waals surface area contributed by atoms with Gasteiger partial charge in [0.2, 0.25) is 0 Å². The lowest BCUT2D eigenvalue weighted by molar-refractivity contribution is -0.125. The Morgan fingerprint density at radius 2 is 1.54 bits per heavy atom. The van der Waals surface area contributed by atoms with Gasteiger partial charge in [0.15, 0.2) is 5.78 Å². The molecule has 0 heterocycles. The molecule has 0 fully saturated rings. The molecule has 0 aliphatic carbocycles. The van der Waals surface area contributed by atoms with Crippen molar-refractivity contribution in [3.63, 3.8) is 0 Å². The molecular formula is C21H25NO4. The Kier molecular flexibility index (Phi) is 7.06. The van der Waals surface area contributed by atoms with Crippen molar-refractivity contribution < 1.29 is 19.8 Å².